The normalized spacial score (nSPS) is 15.2. The van der Waals surface area contributed by atoms with E-state index >= 15 is 0 Å². The summed E-state index contributed by atoms with van der Waals surface area (Å²) < 4.78 is 0. The van der Waals surface area contributed by atoms with Gasteiger partial charge in [-0.3, -0.25) is 4.79 Å². The zero-order valence-corrected chi connectivity index (χ0v) is 13.9. The summed E-state index contributed by atoms with van der Waals surface area (Å²) in [6, 6.07) is 14.4. The molecule has 23 heavy (non-hydrogen) atoms. The van der Waals surface area contributed by atoms with E-state index in [9.17, 15) is 4.79 Å². The second-order valence-electron chi connectivity index (χ2n) is 6.39. The van der Waals surface area contributed by atoms with Crippen LogP contribution in [0.15, 0.2) is 42.5 Å². The molecule has 0 aromatic heterocycles. The van der Waals surface area contributed by atoms with Crippen molar-refractivity contribution in [1.82, 2.24) is 4.90 Å². The molecule has 1 aliphatic rings. The van der Waals surface area contributed by atoms with Gasteiger partial charge in [0.2, 0.25) is 0 Å². The summed E-state index contributed by atoms with van der Waals surface area (Å²) in [5, 5.41) is 0. The highest BCUT2D eigenvalue weighted by molar-refractivity contribution is 5.94. The number of hydrogen-bond acceptors (Lipinski definition) is 2. The Morgan fingerprint density at radius 2 is 1.91 bits per heavy atom. The van der Waals surface area contributed by atoms with Crippen LogP contribution in [0, 0.1) is 6.92 Å². The smallest absolute Gasteiger partial charge is 0.254 e. The third-order valence-corrected chi connectivity index (χ3v) is 4.70. The van der Waals surface area contributed by atoms with Crippen LogP contribution < -0.4 is 5.73 Å². The zero-order valence-electron chi connectivity index (χ0n) is 13.9. The summed E-state index contributed by atoms with van der Waals surface area (Å²) in [5.41, 5.74) is 11.8. The SMILES string of the molecule is CCC(N)c1ccc2c(c1)CN(C(=O)c1ccc(C)cc1)CC2. The van der Waals surface area contributed by atoms with Gasteiger partial charge in [0.1, 0.15) is 0 Å². The number of nitrogens with zero attached hydrogens (tertiary/aromatic N) is 1. The van der Waals surface area contributed by atoms with Crippen LogP contribution in [0.5, 0.6) is 0 Å². The Labute approximate surface area is 138 Å². The third kappa shape index (κ3) is 3.30. The fraction of sp³-hybridized carbons (Fsp3) is 0.350. The van der Waals surface area contributed by atoms with Crippen molar-refractivity contribution < 1.29 is 4.79 Å². The van der Waals surface area contributed by atoms with Crippen LogP contribution in [0.2, 0.25) is 0 Å². The molecule has 2 N–H and O–H groups in total. The second kappa shape index (κ2) is 6.55. The van der Waals surface area contributed by atoms with Crippen LogP contribution in [-0.4, -0.2) is 17.4 Å². The van der Waals surface area contributed by atoms with E-state index < -0.39 is 0 Å². The Balaban J connectivity index is 1.81. The van der Waals surface area contributed by atoms with Gasteiger partial charge in [-0.25, -0.2) is 0 Å². The Hall–Kier alpha value is -2.13. The maximum absolute atomic E-state index is 12.7. The van der Waals surface area contributed by atoms with Crippen LogP contribution >= 0.6 is 0 Å². The molecule has 0 saturated carbocycles. The van der Waals surface area contributed by atoms with E-state index in [0.29, 0.717) is 6.54 Å². The molecule has 3 rings (SSSR count). The largest absolute Gasteiger partial charge is 0.334 e. The van der Waals surface area contributed by atoms with Gasteiger partial charge in [-0.05, 0) is 48.6 Å². The Kier molecular flexibility index (Phi) is 4.49. The van der Waals surface area contributed by atoms with Crippen LogP contribution in [0.4, 0.5) is 0 Å². The van der Waals surface area contributed by atoms with Crippen molar-refractivity contribution in [3.05, 3.63) is 70.3 Å². The average Bonchev–Trinajstić information content (AvgIpc) is 2.60. The molecule has 0 saturated heterocycles. The molecule has 1 amide bonds. The van der Waals surface area contributed by atoms with Crippen molar-refractivity contribution in [2.45, 2.75) is 39.3 Å². The predicted molar refractivity (Wildman–Crippen MR) is 93.3 cm³/mol. The van der Waals surface area contributed by atoms with Crippen molar-refractivity contribution in [1.29, 1.82) is 0 Å². The number of amides is 1. The van der Waals surface area contributed by atoms with E-state index in [2.05, 4.69) is 25.1 Å². The molecule has 0 spiro atoms. The highest BCUT2D eigenvalue weighted by Gasteiger charge is 2.22. The molecule has 3 nitrogen and oxygen atoms in total. The topological polar surface area (TPSA) is 46.3 Å². The van der Waals surface area contributed by atoms with Crippen molar-refractivity contribution in [3.63, 3.8) is 0 Å². The first-order valence-corrected chi connectivity index (χ1v) is 8.31. The molecule has 2 aromatic carbocycles. The van der Waals surface area contributed by atoms with Gasteiger partial charge in [0.15, 0.2) is 0 Å². The van der Waals surface area contributed by atoms with Crippen LogP contribution in [0.1, 0.15) is 52.0 Å². The summed E-state index contributed by atoms with van der Waals surface area (Å²) in [6.45, 7) is 5.58. The van der Waals surface area contributed by atoms with Gasteiger partial charge in [0.25, 0.3) is 5.91 Å². The Morgan fingerprint density at radius 1 is 1.17 bits per heavy atom. The standard InChI is InChI=1S/C20H24N2O/c1-3-19(21)17-9-8-15-10-11-22(13-18(15)12-17)20(23)16-6-4-14(2)5-7-16/h4-9,12,19H,3,10-11,13,21H2,1-2H3. The molecule has 0 aliphatic carbocycles. The Morgan fingerprint density at radius 3 is 2.61 bits per heavy atom. The van der Waals surface area contributed by atoms with Gasteiger partial charge in [0, 0.05) is 24.7 Å². The lowest BCUT2D eigenvalue weighted by molar-refractivity contribution is 0.0734. The first-order valence-electron chi connectivity index (χ1n) is 8.31. The van der Waals surface area contributed by atoms with E-state index in [1.54, 1.807) is 0 Å². The second-order valence-corrected chi connectivity index (χ2v) is 6.39. The van der Waals surface area contributed by atoms with Gasteiger partial charge in [-0.15, -0.1) is 0 Å². The lowest BCUT2D eigenvalue weighted by atomic mass is 9.94. The molecule has 2 aromatic rings. The van der Waals surface area contributed by atoms with Crippen LogP contribution in [0.25, 0.3) is 0 Å². The van der Waals surface area contributed by atoms with Gasteiger partial charge < -0.3 is 10.6 Å². The number of nitrogens with two attached hydrogens (primary N) is 1. The molecular weight excluding hydrogens is 284 g/mol. The van der Waals surface area contributed by atoms with Gasteiger partial charge in [-0.1, -0.05) is 42.8 Å². The third-order valence-electron chi connectivity index (χ3n) is 4.70. The maximum Gasteiger partial charge on any atom is 0.254 e. The summed E-state index contributed by atoms with van der Waals surface area (Å²) in [6.07, 6.45) is 1.83. The van der Waals surface area contributed by atoms with E-state index in [-0.39, 0.29) is 11.9 Å². The van der Waals surface area contributed by atoms with Crippen molar-refractivity contribution >= 4 is 5.91 Å². The van der Waals surface area contributed by atoms with Crippen molar-refractivity contribution in [2.24, 2.45) is 5.73 Å². The summed E-state index contributed by atoms with van der Waals surface area (Å²) in [7, 11) is 0. The summed E-state index contributed by atoms with van der Waals surface area (Å²) >= 11 is 0. The predicted octanol–water partition coefficient (Wildman–Crippen LogP) is 3.60. The van der Waals surface area contributed by atoms with Gasteiger partial charge >= 0.3 is 0 Å². The molecule has 1 heterocycles. The number of aryl methyl sites for hydroxylation is 1. The van der Waals surface area contributed by atoms with Crippen molar-refractivity contribution in [2.75, 3.05) is 6.54 Å². The van der Waals surface area contributed by atoms with E-state index in [1.807, 2.05) is 36.1 Å². The minimum atomic E-state index is 0.0727. The average molecular weight is 308 g/mol. The molecule has 1 aliphatic heterocycles. The maximum atomic E-state index is 12.7. The molecule has 120 valence electrons. The highest BCUT2D eigenvalue weighted by Crippen LogP contribution is 2.24. The molecule has 0 bridgehead atoms. The molecule has 0 radical (unpaired) electrons. The fourth-order valence-corrected chi connectivity index (χ4v) is 3.10. The number of benzene rings is 2. The summed E-state index contributed by atoms with van der Waals surface area (Å²) in [4.78, 5) is 14.6. The van der Waals surface area contributed by atoms with E-state index in [4.69, 9.17) is 5.73 Å². The quantitative estimate of drug-likeness (QED) is 0.941. The number of rotatable bonds is 3. The number of hydrogen-bond donors (Lipinski definition) is 1. The molecule has 1 atom stereocenters. The van der Waals surface area contributed by atoms with Crippen LogP contribution in [-0.2, 0) is 13.0 Å². The first kappa shape index (κ1) is 15.8. The Bertz CT molecular complexity index is 706. The minimum Gasteiger partial charge on any atom is -0.334 e. The molecule has 3 heteroatoms. The minimum absolute atomic E-state index is 0.0727. The van der Waals surface area contributed by atoms with Gasteiger partial charge in [-0.2, -0.15) is 0 Å². The number of carbonyl (C=O) groups is 1. The lowest BCUT2D eigenvalue weighted by Crippen LogP contribution is -2.36. The lowest BCUT2D eigenvalue weighted by Gasteiger charge is -2.30. The van der Waals surface area contributed by atoms with Gasteiger partial charge in [0.05, 0.1) is 0 Å². The molecular formula is C20H24N2O. The number of fused-ring (bicyclic) bond motifs is 1. The zero-order chi connectivity index (χ0) is 16.4. The van der Waals surface area contributed by atoms with Crippen LogP contribution in [0.3, 0.4) is 0 Å². The van der Waals surface area contributed by atoms with E-state index in [1.165, 1.54) is 16.7 Å². The van der Waals surface area contributed by atoms with Crippen molar-refractivity contribution in [3.8, 4) is 0 Å². The first-order chi connectivity index (χ1) is 11.1. The summed E-state index contributed by atoms with van der Waals surface area (Å²) in [5.74, 6) is 0.112. The van der Waals surface area contributed by atoms with E-state index in [0.717, 1.165) is 30.5 Å². The highest BCUT2D eigenvalue weighted by atomic mass is 16.2. The monoisotopic (exact) mass is 308 g/mol. The fourth-order valence-electron chi connectivity index (χ4n) is 3.10. The number of carbonyl (C=O) groups excluding carboxylic acids is 1. The molecule has 0 fully saturated rings. The molecule has 1 unspecified atom stereocenters.